The molecule has 2 saturated heterocycles. The Kier molecular flexibility index (Phi) is 4.47. The number of benzene rings is 1. The fourth-order valence-electron chi connectivity index (χ4n) is 3.42. The minimum absolute atomic E-state index is 0.110. The monoisotopic (exact) mass is 412 g/mol. The average Bonchev–Trinajstić information content (AvgIpc) is 3.07. The molecule has 3 aliphatic heterocycles. The first-order valence-corrected chi connectivity index (χ1v) is 10.3. The Morgan fingerprint density at radius 2 is 1.68 bits per heavy atom. The van der Waals surface area contributed by atoms with Crippen LogP contribution in [0.4, 0.5) is 0 Å². The van der Waals surface area contributed by atoms with Gasteiger partial charge in [-0.2, -0.15) is 0 Å². The molecule has 5 nitrogen and oxygen atoms in total. The fraction of sp³-hybridized carbons (Fsp3) is 0.579. The van der Waals surface area contributed by atoms with E-state index >= 15 is 0 Å². The average molecular weight is 411 g/mol. The molecule has 1 aromatic carbocycles. The van der Waals surface area contributed by atoms with Crippen LogP contribution < -0.4 is 4.46 Å². The third-order valence-electron chi connectivity index (χ3n) is 4.45. The molecule has 6 heteroatoms. The predicted octanol–water partition coefficient (Wildman–Crippen LogP) is 1.93. The molecule has 2 fully saturated rings. The van der Waals surface area contributed by atoms with Crippen molar-refractivity contribution >= 4 is 19.4 Å². The van der Waals surface area contributed by atoms with Crippen molar-refractivity contribution in [2.45, 2.75) is 63.7 Å². The molecule has 0 aliphatic carbocycles. The van der Waals surface area contributed by atoms with E-state index in [1.165, 1.54) is 4.46 Å². The molecule has 0 spiro atoms. The second kappa shape index (κ2) is 6.38. The van der Waals surface area contributed by atoms with Crippen molar-refractivity contribution in [3.63, 3.8) is 0 Å². The van der Waals surface area contributed by atoms with E-state index in [-0.39, 0.29) is 39.4 Å². The third kappa shape index (κ3) is 3.65. The zero-order valence-corrected chi connectivity index (χ0v) is 16.6. The Balaban J connectivity index is 1.57. The zero-order valence-electron chi connectivity index (χ0n) is 14.9. The maximum absolute atomic E-state index is 6.23. The summed E-state index contributed by atoms with van der Waals surface area (Å²) in [6.45, 7) is 8.24. The van der Waals surface area contributed by atoms with Crippen LogP contribution in [0.2, 0.25) is 0 Å². The molecule has 25 heavy (non-hydrogen) atoms. The van der Waals surface area contributed by atoms with Crippen LogP contribution in [0.3, 0.4) is 0 Å². The van der Waals surface area contributed by atoms with Crippen LogP contribution in [0.5, 0.6) is 0 Å². The van der Waals surface area contributed by atoms with E-state index in [1.807, 2.05) is 40.0 Å². The van der Waals surface area contributed by atoms with Gasteiger partial charge in [-0.25, -0.2) is 0 Å². The summed E-state index contributed by atoms with van der Waals surface area (Å²) in [6, 6.07) is 10.4. The van der Waals surface area contributed by atoms with Crippen LogP contribution in [0.15, 0.2) is 41.1 Å². The van der Waals surface area contributed by atoms with Crippen LogP contribution in [0.25, 0.3) is 0 Å². The van der Waals surface area contributed by atoms with Crippen LogP contribution in [0, 0.1) is 0 Å². The van der Waals surface area contributed by atoms with E-state index in [1.54, 1.807) is 0 Å². The first-order valence-electron chi connectivity index (χ1n) is 8.59. The molecule has 0 bridgehead atoms. The van der Waals surface area contributed by atoms with Gasteiger partial charge in [0.05, 0.1) is 0 Å². The van der Waals surface area contributed by atoms with Crippen molar-refractivity contribution in [2.24, 2.45) is 0 Å². The van der Waals surface area contributed by atoms with Gasteiger partial charge in [0.1, 0.15) is 0 Å². The van der Waals surface area contributed by atoms with Crippen LogP contribution in [-0.4, -0.2) is 57.6 Å². The van der Waals surface area contributed by atoms with E-state index in [0.717, 1.165) is 4.47 Å². The van der Waals surface area contributed by atoms with E-state index < -0.39 is 11.6 Å². The zero-order chi connectivity index (χ0) is 17.7. The fourth-order valence-corrected chi connectivity index (χ4v) is 5.45. The molecule has 3 heterocycles. The Bertz CT molecular complexity index is 657. The Hall–Kier alpha value is -0.881. The number of fused-ring (bicyclic) bond motifs is 1. The molecule has 3 aliphatic rings. The van der Waals surface area contributed by atoms with Gasteiger partial charge in [0.25, 0.3) is 0 Å². The van der Waals surface area contributed by atoms with Crippen LogP contribution in [0.1, 0.15) is 27.7 Å². The number of hydrogen-bond acceptors (Lipinski definition) is 5. The minimum atomic E-state index is -0.637. The second-order valence-corrected chi connectivity index (χ2v) is 9.83. The van der Waals surface area contributed by atoms with Gasteiger partial charge in [-0.15, -0.1) is 0 Å². The van der Waals surface area contributed by atoms with E-state index in [0.29, 0.717) is 6.61 Å². The molecule has 0 radical (unpaired) electrons. The summed E-state index contributed by atoms with van der Waals surface area (Å²) < 4.78 is 32.7. The topological polar surface area (TPSA) is 46.2 Å². The van der Waals surface area contributed by atoms with Gasteiger partial charge in [-0.1, -0.05) is 0 Å². The molecule has 4 rings (SSSR count). The van der Waals surface area contributed by atoms with Gasteiger partial charge >= 0.3 is 154 Å². The first-order chi connectivity index (χ1) is 11.8. The SMILES string of the molecule is CC1(C)OC[C@@H]([C@H]2OC=C([Se]c3ccccc3)[C@H]3OC(C)(C)O[C@@H]23)O1. The molecule has 0 N–H and O–H groups in total. The van der Waals surface area contributed by atoms with Crippen LogP contribution in [-0.2, 0) is 23.7 Å². The third-order valence-corrected chi connectivity index (χ3v) is 6.70. The van der Waals surface area contributed by atoms with Crippen molar-refractivity contribution in [3.8, 4) is 0 Å². The van der Waals surface area contributed by atoms with Crippen molar-refractivity contribution < 1.29 is 23.7 Å². The van der Waals surface area contributed by atoms with Crippen LogP contribution >= 0.6 is 0 Å². The van der Waals surface area contributed by atoms with Gasteiger partial charge in [0, 0.05) is 0 Å². The van der Waals surface area contributed by atoms with Gasteiger partial charge in [-0.3, -0.25) is 0 Å². The van der Waals surface area contributed by atoms with Crippen molar-refractivity contribution in [1.82, 2.24) is 0 Å². The Labute approximate surface area is 154 Å². The quantitative estimate of drug-likeness (QED) is 0.712. The van der Waals surface area contributed by atoms with Crippen molar-refractivity contribution in [2.75, 3.05) is 6.61 Å². The summed E-state index contributed by atoms with van der Waals surface area (Å²) in [5.41, 5.74) is 0. The predicted molar refractivity (Wildman–Crippen MR) is 93.5 cm³/mol. The van der Waals surface area contributed by atoms with Gasteiger partial charge in [-0.05, 0) is 0 Å². The molecule has 0 amide bonds. The Morgan fingerprint density at radius 3 is 2.36 bits per heavy atom. The van der Waals surface area contributed by atoms with Gasteiger partial charge in [0.2, 0.25) is 0 Å². The normalized spacial score (nSPS) is 35.8. The number of hydrogen-bond donors (Lipinski definition) is 0. The molecule has 0 unspecified atom stereocenters. The summed E-state index contributed by atoms with van der Waals surface area (Å²) in [7, 11) is 0. The van der Waals surface area contributed by atoms with Gasteiger partial charge in [0.15, 0.2) is 0 Å². The van der Waals surface area contributed by atoms with E-state index in [4.69, 9.17) is 23.7 Å². The molecule has 1 aromatic rings. The Morgan fingerprint density at radius 1 is 0.920 bits per heavy atom. The van der Waals surface area contributed by atoms with Gasteiger partial charge < -0.3 is 0 Å². The van der Waals surface area contributed by atoms with E-state index in [9.17, 15) is 0 Å². The van der Waals surface area contributed by atoms with E-state index in [2.05, 4.69) is 24.3 Å². The molecular formula is C19H24O5Se. The summed E-state index contributed by atoms with van der Waals surface area (Å²) in [4.78, 5) is 0. The summed E-state index contributed by atoms with van der Waals surface area (Å²) >= 11 is 0.130. The second-order valence-electron chi connectivity index (χ2n) is 7.42. The van der Waals surface area contributed by atoms with Crippen molar-refractivity contribution in [3.05, 3.63) is 41.1 Å². The number of rotatable bonds is 3. The first kappa shape index (κ1) is 17.5. The summed E-state index contributed by atoms with van der Waals surface area (Å²) in [6.07, 6.45) is 1.16. The number of ether oxygens (including phenoxy) is 5. The summed E-state index contributed by atoms with van der Waals surface area (Å²) in [5.74, 6) is -1.22. The maximum atomic E-state index is 6.23. The van der Waals surface area contributed by atoms with Crippen molar-refractivity contribution in [1.29, 1.82) is 0 Å². The standard InChI is InChI=1S/C19H24O5Se/c1-18(2)21-10-13(22-18)15-17-16(23-19(3,4)24-17)14(11-20-15)25-12-8-6-5-7-9-12/h5-9,11,13,15-17H,10H2,1-4H3/t13-,15+,16+,17-/m0/s1. The summed E-state index contributed by atoms with van der Waals surface area (Å²) in [5, 5.41) is 0. The molecule has 136 valence electrons. The molecule has 0 saturated carbocycles. The molecular weight excluding hydrogens is 387 g/mol. The molecule has 0 aromatic heterocycles. The molecule has 4 atom stereocenters.